The zero-order valence-corrected chi connectivity index (χ0v) is 12.4. The summed E-state index contributed by atoms with van der Waals surface area (Å²) in [6.45, 7) is 6.81. The molecule has 1 N–H and O–H groups in total. The highest BCUT2D eigenvalue weighted by Gasteiger charge is 2.40. The number of fused-ring (bicyclic) bond motifs is 1. The van der Waals surface area contributed by atoms with Gasteiger partial charge in [-0.2, -0.15) is 0 Å². The van der Waals surface area contributed by atoms with Crippen LogP contribution in [0.1, 0.15) is 6.92 Å². The molecule has 0 aromatic heterocycles. The lowest BCUT2D eigenvalue weighted by atomic mass is 9.86. The van der Waals surface area contributed by atoms with Crippen LogP contribution in [-0.4, -0.2) is 51.6 Å². The van der Waals surface area contributed by atoms with Gasteiger partial charge in [0.25, 0.3) is 0 Å². The standard InChI is InChI=1S/C16H24N2O2/c1-13-7-17(2)14-5-3-4-6-15(14)18(8-13)9-16(10-19)11-20-12-16/h3-6,13,19H,7-12H2,1-2H3. The molecule has 0 spiro atoms. The van der Waals surface area contributed by atoms with Crippen LogP contribution in [0.15, 0.2) is 24.3 Å². The van der Waals surface area contributed by atoms with E-state index in [2.05, 4.69) is 48.0 Å². The summed E-state index contributed by atoms with van der Waals surface area (Å²) >= 11 is 0. The van der Waals surface area contributed by atoms with E-state index in [9.17, 15) is 5.11 Å². The molecule has 3 rings (SSSR count). The molecule has 4 nitrogen and oxygen atoms in total. The second-order valence-electron chi connectivity index (χ2n) is 6.51. The van der Waals surface area contributed by atoms with E-state index in [1.807, 2.05) is 0 Å². The van der Waals surface area contributed by atoms with Crippen LogP contribution in [-0.2, 0) is 4.74 Å². The maximum absolute atomic E-state index is 9.69. The number of benzene rings is 1. The predicted octanol–water partition coefficient (Wildman–Crippen LogP) is 1.59. The fourth-order valence-corrected chi connectivity index (χ4v) is 3.33. The molecule has 110 valence electrons. The number of nitrogens with zero attached hydrogens (tertiary/aromatic N) is 2. The highest BCUT2D eigenvalue weighted by molar-refractivity contribution is 5.72. The van der Waals surface area contributed by atoms with Crippen molar-refractivity contribution in [2.24, 2.45) is 11.3 Å². The molecule has 1 fully saturated rings. The van der Waals surface area contributed by atoms with Crippen LogP contribution in [0.4, 0.5) is 11.4 Å². The van der Waals surface area contributed by atoms with Gasteiger partial charge in [0.1, 0.15) is 0 Å². The van der Waals surface area contributed by atoms with Gasteiger partial charge in [-0.05, 0) is 18.1 Å². The summed E-state index contributed by atoms with van der Waals surface area (Å²) in [5.74, 6) is 0.601. The molecule has 2 aliphatic rings. The molecule has 0 saturated carbocycles. The summed E-state index contributed by atoms with van der Waals surface area (Å²) in [6, 6.07) is 8.56. The monoisotopic (exact) mass is 276 g/mol. The quantitative estimate of drug-likeness (QED) is 0.909. The van der Waals surface area contributed by atoms with Gasteiger partial charge in [-0.25, -0.2) is 0 Å². The second-order valence-corrected chi connectivity index (χ2v) is 6.51. The topological polar surface area (TPSA) is 35.9 Å². The van der Waals surface area contributed by atoms with Crippen LogP contribution in [0, 0.1) is 11.3 Å². The van der Waals surface area contributed by atoms with Crippen molar-refractivity contribution >= 4 is 11.4 Å². The lowest BCUT2D eigenvalue weighted by Gasteiger charge is -2.44. The van der Waals surface area contributed by atoms with Crippen LogP contribution < -0.4 is 9.80 Å². The molecule has 1 unspecified atom stereocenters. The summed E-state index contributed by atoms with van der Waals surface area (Å²) in [5.41, 5.74) is 2.49. The summed E-state index contributed by atoms with van der Waals surface area (Å²) in [4.78, 5) is 4.77. The molecule has 0 aliphatic carbocycles. The van der Waals surface area contributed by atoms with E-state index < -0.39 is 0 Å². The van der Waals surface area contributed by atoms with Gasteiger partial charge in [0.2, 0.25) is 0 Å². The lowest BCUT2D eigenvalue weighted by Crippen LogP contribution is -2.54. The van der Waals surface area contributed by atoms with Gasteiger partial charge >= 0.3 is 0 Å². The Morgan fingerprint density at radius 2 is 1.95 bits per heavy atom. The predicted molar refractivity (Wildman–Crippen MR) is 81.4 cm³/mol. The third-order valence-corrected chi connectivity index (χ3v) is 4.43. The van der Waals surface area contributed by atoms with Gasteiger partial charge in [0.15, 0.2) is 0 Å². The minimum absolute atomic E-state index is 0.0737. The molecular weight excluding hydrogens is 252 g/mol. The summed E-state index contributed by atoms with van der Waals surface area (Å²) in [6.07, 6.45) is 0. The van der Waals surface area contributed by atoms with Gasteiger partial charge in [-0.1, -0.05) is 19.1 Å². The number of anilines is 2. The molecular formula is C16H24N2O2. The molecule has 1 aromatic carbocycles. The molecule has 2 aliphatic heterocycles. The van der Waals surface area contributed by atoms with Gasteiger partial charge in [-0.3, -0.25) is 0 Å². The Labute approximate surface area is 120 Å². The lowest BCUT2D eigenvalue weighted by molar-refractivity contribution is -0.131. The molecule has 2 heterocycles. The largest absolute Gasteiger partial charge is 0.396 e. The number of ether oxygens (including phenoxy) is 1. The van der Waals surface area contributed by atoms with Crippen LogP contribution in [0.3, 0.4) is 0 Å². The molecule has 4 heteroatoms. The number of para-hydroxylation sites is 2. The van der Waals surface area contributed by atoms with Crippen molar-refractivity contribution in [3.63, 3.8) is 0 Å². The smallest absolute Gasteiger partial charge is 0.0604 e. The minimum Gasteiger partial charge on any atom is -0.396 e. The first-order chi connectivity index (χ1) is 9.63. The molecule has 1 saturated heterocycles. The Kier molecular flexibility index (Phi) is 3.61. The van der Waals surface area contributed by atoms with E-state index in [1.54, 1.807) is 0 Å². The number of aliphatic hydroxyl groups is 1. The average Bonchev–Trinajstić information content (AvgIpc) is 2.52. The van der Waals surface area contributed by atoms with E-state index in [-0.39, 0.29) is 12.0 Å². The highest BCUT2D eigenvalue weighted by atomic mass is 16.5. The maximum atomic E-state index is 9.69. The zero-order valence-electron chi connectivity index (χ0n) is 12.4. The minimum atomic E-state index is -0.0737. The first-order valence-corrected chi connectivity index (χ1v) is 7.37. The fourth-order valence-electron chi connectivity index (χ4n) is 3.33. The highest BCUT2D eigenvalue weighted by Crippen LogP contribution is 2.36. The molecule has 1 aromatic rings. The van der Waals surface area contributed by atoms with Crippen molar-refractivity contribution in [2.45, 2.75) is 6.92 Å². The van der Waals surface area contributed by atoms with Crippen molar-refractivity contribution in [1.29, 1.82) is 0 Å². The van der Waals surface area contributed by atoms with Crippen molar-refractivity contribution in [3.8, 4) is 0 Å². The summed E-state index contributed by atoms with van der Waals surface area (Å²) in [7, 11) is 2.16. The first kappa shape index (κ1) is 13.7. The SMILES string of the molecule is CC1CN(C)c2ccccc2N(CC2(CO)COC2)C1. The second kappa shape index (κ2) is 5.26. The first-order valence-electron chi connectivity index (χ1n) is 7.37. The Hall–Kier alpha value is -1.26. The molecule has 1 atom stereocenters. The van der Waals surface area contributed by atoms with E-state index in [4.69, 9.17) is 4.74 Å². The third-order valence-electron chi connectivity index (χ3n) is 4.43. The van der Waals surface area contributed by atoms with Crippen LogP contribution >= 0.6 is 0 Å². The van der Waals surface area contributed by atoms with E-state index in [0.29, 0.717) is 19.1 Å². The number of hydrogen-bond acceptors (Lipinski definition) is 4. The van der Waals surface area contributed by atoms with Gasteiger partial charge in [-0.15, -0.1) is 0 Å². The van der Waals surface area contributed by atoms with Gasteiger partial charge < -0.3 is 19.6 Å². The van der Waals surface area contributed by atoms with Crippen LogP contribution in [0.25, 0.3) is 0 Å². The Bertz CT molecular complexity index is 468. The van der Waals surface area contributed by atoms with Crippen molar-refractivity contribution < 1.29 is 9.84 Å². The van der Waals surface area contributed by atoms with Gasteiger partial charge in [0.05, 0.1) is 36.6 Å². The van der Waals surface area contributed by atoms with Crippen molar-refractivity contribution in [2.75, 3.05) is 56.3 Å². The molecule has 0 bridgehead atoms. The number of hydrogen-bond donors (Lipinski definition) is 1. The van der Waals surface area contributed by atoms with E-state index in [0.717, 1.165) is 19.6 Å². The molecule has 0 amide bonds. The Morgan fingerprint density at radius 3 is 2.55 bits per heavy atom. The summed E-state index contributed by atoms with van der Waals surface area (Å²) in [5, 5.41) is 9.69. The Morgan fingerprint density at radius 1 is 1.25 bits per heavy atom. The fraction of sp³-hybridized carbons (Fsp3) is 0.625. The third kappa shape index (κ3) is 2.38. The zero-order chi connectivity index (χ0) is 14.2. The average molecular weight is 276 g/mol. The molecule has 0 radical (unpaired) electrons. The van der Waals surface area contributed by atoms with Crippen molar-refractivity contribution in [1.82, 2.24) is 0 Å². The number of rotatable bonds is 3. The molecule has 20 heavy (non-hydrogen) atoms. The van der Waals surface area contributed by atoms with Crippen LogP contribution in [0.5, 0.6) is 0 Å². The van der Waals surface area contributed by atoms with Crippen LogP contribution in [0.2, 0.25) is 0 Å². The number of aliphatic hydroxyl groups excluding tert-OH is 1. The van der Waals surface area contributed by atoms with E-state index >= 15 is 0 Å². The summed E-state index contributed by atoms with van der Waals surface area (Å²) < 4.78 is 5.34. The maximum Gasteiger partial charge on any atom is 0.0604 e. The van der Waals surface area contributed by atoms with Gasteiger partial charge in [0, 0.05) is 26.7 Å². The normalized spacial score (nSPS) is 24.9. The Balaban J connectivity index is 1.90. The van der Waals surface area contributed by atoms with E-state index in [1.165, 1.54) is 11.4 Å². The van der Waals surface area contributed by atoms with Crippen molar-refractivity contribution in [3.05, 3.63) is 24.3 Å².